The van der Waals surface area contributed by atoms with Crippen LogP contribution in [0.5, 0.6) is 5.75 Å². The van der Waals surface area contributed by atoms with Crippen LogP contribution in [0, 0.1) is 5.82 Å². The Bertz CT molecular complexity index is 537. The molecule has 0 spiro atoms. The summed E-state index contributed by atoms with van der Waals surface area (Å²) in [6.45, 7) is 1.10. The standard InChI is InChI=1S/C12H20FN3O3S/c1-14-7-4-8-16(2)20(17,18)15-11-6-5-10(13)9-12(11)19-3/h5-6,9,14-15H,4,7-8H2,1-3H3. The molecule has 0 unspecified atom stereocenters. The molecule has 1 aromatic rings. The third-order valence-corrected chi connectivity index (χ3v) is 4.19. The molecule has 8 heteroatoms. The minimum Gasteiger partial charge on any atom is -0.494 e. The van der Waals surface area contributed by atoms with Gasteiger partial charge < -0.3 is 10.1 Å². The maximum Gasteiger partial charge on any atom is 0.301 e. The Morgan fingerprint density at radius 3 is 2.70 bits per heavy atom. The van der Waals surface area contributed by atoms with Crippen molar-refractivity contribution in [2.24, 2.45) is 0 Å². The summed E-state index contributed by atoms with van der Waals surface area (Å²) in [5.41, 5.74) is 0.203. The third kappa shape index (κ3) is 4.62. The van der Waals surface area contributed by atoms with E-state index in [0.29, 0.717) is 13.0 Å². The normalized spacial score (nSPS) is 11.7. The topological polar surface area (TPSA) is 70.7 Å². The van der Waals surface area contributed by atoms with Crippen LogP contribution in [0.1, 0.15) is 6.42 Å². The van der Waals surface area contributed by atoms with E-state index in [1.54, 1.807) is 7.05 Å². The lowest BCUT2D eigenvalue weighted by Gasteiger charge is -2.19. The summed E-state index contributed by atoms with van der Waals surface area (Å²) in [4.78, 5) is 0. The first-order valence-corrected chi connectivity index (χ1v) is 7.57. The highest BCUT2D eigenvalue weighted by atomic mass is 32.2. The quantitative estimate of drug-likeness (QED) is 0.704. The predicted octanol–water partition coefficient (Wildman–Crippen LogP) is 1.03. The van der Waals surface area contributed by atoms with Gasteiger partial charge >= 0.3 is 10.2 Å². The lowest BCUT2D eigenvalue weighted by Crippen LogP contribution is -2.34. The number of methoxy groups -OCH3 is 1. The van der Waals surface area contributed by atoms with Crippen LogP contribution in [-0.2, 0) is 10.2 Å². The van der Waals surface area contributed by atoms with Gasteiger partial charge in [0.25, 0.3) is 0 Å². The van der Waals surface area contributed by atoms with Crippen molar-refractivity contribution in [3.05, 3.63) is 24.0 Å². The number of rotatable bonds is 8. The van der Waals surface area contributed by atoms with E-state index < -0.39 is 16.0 Å². The van der Waals surface area contributed by atoms with Crippen molar-refractivity contribution in [1.29, 1.82) is 0 Å². The van der Waals surface area contributed by atoms with E-state index in [0.717, 1.165) is 12.6 Å². The van der Waals surface area contributed by atoms with Crippen LogP contribution in [0.4, 0.5) is 10.1 Å². The van der Waals surface area contributed by atoms with Crippen LogP contribution in [0.15, 0.2) is 18.2 Å². The number of nitrogens with zero attached hydrogens (tertiary/aromatic N) is 1. The molecule has 0 aliphatic heterocycles. The molecule has 0 bridgehead atoms. The smallest absolute Gasteiger partial charge is 0.301 e. The van der Waals surface area contributed by atoms with Crippen molar-refractivity contribution in [3.8, 4) is 5.75 Å². The molecule has 114 valence electrons. The maximum absolute atomic E-state index is 13.1. The number of hydrogen-bond donors (Lipinski definition) is 2. The van der Waals surface area contributed by atoms with Crippen molar-refractivity contribution in [3.63, 3.8) is 0 Å². The minimum atomic E-state index is -3.69. The fraction of sp³-hybridized carbons (Fsp3) is 0.500. The molecule has 0 saturated carbocycles. The van der Waals surface area contributed by atoms with Crippen LogP contribution in [0.3, 0.4) is 0 Å². The molecule has 0 amide bonds. The summed E-state index contributed by atoms with van der Waals surface area (Å²) in [6, 6.07) is 3.62. The SMILES string of the molecule is CNCCCN(C)S(=O)(=O)Nc1ccc(F)cc1OC. The molecule has 20 heavy (non-hydrogen) atoms. The van der Waals surface area contributed by atoms with E-state index in [4.69, 9.17) is 4.74 Å². The van der Waals surface area contributed by atoms with Gasteiger partial charge in [-0.2, -0.15) is 12.7 Å². The summed E-state index contributed by atoms with van der Waals surface area (Å²) in [6.07, 6.45) is 0.689. The van der Waals surface area contributed by atoms with Crippen LogP contribution in [0.25, 0.3) is 0 Å². The van der Waals surface area contributed by atoms with E-state index in [2.05, 4.69) is 10.0 Å². The van der Waals surface area contributed by atoms with E-state index in [1.807, 2.05) is 0 Å². The Kier molecular flexibility index (Phi) is 6.18. The Morgan fingerprint density at radius 1 is 1.40 bits per heavy atom. The van der Waals surface area contributed by atoms with Gasteiger partial charge in [0.1, 0.15) is 11.6 Å². The summed E-state index contributed by atoms with van der Waals surface area (Å²) in [5, 5.41) is 2.95. The molecule has 6 nitrogen and oxygen atoms in total. The molecule has 0 saturated heterocycles. The second-order valence-electron chi connectivity index (χ2n) is 4.23. The molecular weight excluding hydrogens is 285 g/mol. The van der Waals surface area contributed by atoms with Gasteiger partial charge in [-0.05, 0) is 32.1 Å². The largest absolute Gasteiger partial charge is 0.494 e. The molecule has 0 aromatic heterocycles. The zero-order chi connectivity index (χ0) is 15.2. The van der Waals surface area contributed by atoms with E-state index in [1.165, 1.54) is 30.6 Å². The fourth-order valence-corrected chi connectivity index (χ4v) is 2.54. The van der Waals surface area contributed by atoms with Gasteiger partial charge in [0.05, 0.1) is 12.8 Å². The Labute approximate surface area is 119 Å². The van der Waals surface area contributed by atoms with Crippen molar-refractivity contribution < 1.29 is 17.5 Å². The van der Waals surface area contributed by atoms with Crippen LogP contribution < -0.4 is 14.8 Å². The lowest BCUT2D eigenvalue weighted by molar-refractivity contribution is 0.413. The molecular formula is C12H20FN3O3S. The average molecular weight is 305 g/mol. The van der Waals surface area contributed by atoms with Crippen molar-refractivity contribution in [2.75, 3.05) is 39.0 Å². The first-order chi connectivity index (χ1) is 9.40. The first kappa shape index (κ1) is 16.7. The monoisotopic (exact) mass is 305 g/mol. The first-order valence-electron chi connectivity index (χ1n) is 6.13. The Hall–Kier alpha value is -1.38. The van der Waals surface area contributed by atoms with E-state index in [9.17, 15) is 12.8 Å². The van der Waals surface area contributed by atoms with E-state index >= 15 is 0 Å². The predicted molar refractivity (Wildman–Crippen MR) is 76.7 cm³/mol. The minimum absolute atomic E-state index is 0.136. The average Bonchev–Trinajstić information content (AvgIpc) is 2.40. The highest BCUT2D eigenvalue weighted by Crippen LogP contribution is 2.26. The van der Waals surface area contributed by atoms with Gasteiger partial charge in [-0.25, -0.2) is 4.39 Å². The molecule has 0 aliphatic rings. The summed E-state index contributed by atoms with van der Waals surface area (Å²) < 4.78 is 45.8. The summed E-state index contributed by atoms with van der Waals surface area (Å²) in [5.74, 6) is -0.357. The second kappa shape index (κ2) is 7.41. The zero-order valence-electron chi connectivity index (χ0n) is 11.8. The fourth-order valence-electron chi connectivity index (χ4n) is 1.56. The molecule has 0 aliphatic carbocycles. The molecule has 1 rings (SSSR count). The molecule has 0 fully saturated rings. The molecule has 0 heterocycles. The lowest BCUT2D eigenvalue weighted by atomic mass is 10.3. The number of hydrogen-bond acceptors (Lipinski definition) is 4. The number of halogens is 1. The van der Waals surface area contributed by atoms with Gasteiger partial charge in [-0.15, -0.1) is 0 Å². The maximum atomic E-state index is 13.1. The highest BCUT2D eigenvalue weighted by Gasteiger charge is 2.19. The van der Waals surface area contributed by atoms with Gasteiger partial charge in [-0.1, -0.05) is 0 Å². The van der Waals surface area contributed by atoms with Crippen molar-refractivity contribution in [2.45, 2.75) is 6.42 Å². The summed E-state index contributed by atoms with van der Waals surface area (Å²) >= 11 is 0. The van der Waals surface area contributed by atoms with Crippen LogP contribution >= 0.6 is 0 Å². The number of benzene rings is 1. The van der Waals surface area contributed by atoms with Gasteiger partial charge in [0.2, 0.25) is 0 Å². The third-order valence-electron chi connectivity index (χ3n) is 2.71. The van der Waals surface area contributed by atoms with Gasteiger partial charge in [0.15, 0.2) is 0 Å². The second-order valence-corrected chi connectivity index (χ2v) is 6.01. The number of ether oxygens (including phenoxy) is 1. The zero-order valence-corrected chi connectivity index (χ0v) is 12.6. The van der Waals surface area contributed by atoms with Crippen molar-refractivity contribution >= 4 is 15.9 Å². The van der Waals surface area contributed by atoms with Crippen LogP contribution in [0.2, 0.25) is 0 Å². The molecule has 0 radical (unpaired) electrons. The Balaban J connectivity index is 2.80. The van der Waals surface area contributed by atoms with Crippen molar-refractivity contribution in [1.82, 2.24) is 9.62 Å². The number of nitrogens with one attached hydrogen (secondary N) is 2. The van der Waals surface area contributed by atoms with E-state index in [-0.39, 0.29) is 11.4 Å². The number of anilines is 1. The molecule has 0 atom stereocenters. The molecule has 1 aromatic carbocycles. The summed E-state index contributed by atoms with van der Waals surface area (Å²) in [7, 11) is 0.946. The Morgan fingerprint density at radius 2 is 2.10 bits per heavy atom. The van der Waals surface area contributed by atoms with Gasteiger partial charge in [-0.3, -0.25) is 4.72 Å². The highest BCUT2D eigenvalue weighted by molar-refractivity contribution is 7.90. The van der Waals surface area contributed by atoms with Crippen LogP contribution in [-0.4, -0.2) is 47.0 Å². The molecule has 2 N–H and O–H groups in total. The van der Waals surface area contributed by atoms with Gasteiger partial charge in [0, 0.05) is 19.7 Å².